The van der Waals surface area contributed by atoms with Crippen LogP contribution in [0, 0.1) is 5.41 Å². The van der Waals surface area contributed by atoms with Gasteiger partial charge in [0.25, 0.3) is 0 Å². The Morgan fingerprint density at radius 2 is 1.10 bits per heavy atom. The average Bonchev–Trinajstić information content (AvgIpc) is 2.77. The first-order valence-corrected chi connectivity index (χ1v) is 12.6. The Bertz CT molecular complexity index is 825. The van der Waals surface area contributed by atoms with Gasteiger partial charge in [0.2, 0.25) is 0 Å². The largest absolute Gasteiger partial charge is 1.00 e. The molecule has 164 valence electrons. The Morgan fingerprint density at radius 3 is 1.45 bits per heavy atom. The molecular formula is C27H32BrO2P. The molecule has 0 bridgehead atoms. The summed E-state index contributed by atoms with van der Waals surface area (Å²) >= 11 is 0. The molecule has 0 radical (unpaired) electrons. The monoisotopic (exact) mass is 498 g/mol. The predicted octanol–water partition coefficient (Wildman–Crippen LogP) is 2.35. The van der Waals surface area contributed by atoms with Gasteiger partial charge in [-0.3, -0.25) is 4.79 Å². The number of esters is 1. The molecular weight excluding hydrogens is 467 g/mol. The van der Waals surface area contributed by atoms with Crippen LogP contribution in [-0.2, 0) is 9.53 Å². The molecule has 0 aliphatic carbocycles. The third-order valence-electron chi connectivity index (χ3n) is 5.32. The lowest BCUT2D eigenvalue weighted by Gasteiger charge is -2.27. The van der Waals surface area contributed by atoms with E-state index in [9.17, 15) is 4.79 Å². The Balaban J connectivity index is 0.00000341. The van der Waals surface area contributed by atoms with Crippen molar-refractivity contribution in [2.45, 2.75) is 33.6 Å². The molecule has 0 N–H and O–H groups in total. The highest BCUT2D eigenvalue weighted by Gasteiger charge is 2.44. The minimum atomic E-state index is -1.79. The Labute approximate surface area is 198 Å². The lowest BCUT2D eigenvalue weighted by atomic mass is 9.97. The number of hydrogen-bond acceptors (Lipinski definition) is 2. The Hall–Kier alpha value is -1.96. The van der Waals surface area contributed by atoms with Gasteiger partial charge in [0.15, 0.2) is 0 Å². The van der Waals surface area contributed by atoms with E-state index in [2.05, 4.69) is 91.0 Å². The second-order valence-electron chi connectivity index (χ2n) is 8.63. The maximum atomic E-state index is 12.1. The topological polar surface area (TPSA) is 26.3 Å². The maximum absolute atomic E-state index is 12.1. The van der Waals surface area contributed by atoms with Crippen molar-refractivity contribution in [1.82, 2.24) is 0 Å². The highest BCUT2D eigenvalue weighted by atomic mass is 79.9. The van der Waals surface area contributed by atoms with E-state index in [1.54, 1.807) is 0 Å². The molecule has 3 aromatic rings. The van der Waals surface area contributed by atoms with Gasteiger partial charge in [-0.1, -0.05) is 54.6 Å². The van der Waals surface area contributed by atoms with Gasteiger partial charge in [0, 0.05) is 0 Å². The van der Waals surface area contributed by atoms with Gasteiger partial charge in [-0.15, -0.1) is 0 Å². The van der Waals surface area contributed by atoms with E-state index >= 15 is 0 Å². The first-order chi connectivity index (χ1) is 14.4. The molecule has 3 aromatic carbocycles. The number of hydrogen-bond donors (Lipinski definition) is 0. The van der Waals surface area contributed by atoms with E-state index in [1.165, 1.54) is 15.9 Å². The molecule has 31 heavy (non-hydrogen) atoms. The predicted molar refractivity (Wildman–Crippen MR) is 130 cm³/mol. The van der Waals surface area contributed by atoms with Crippen LogP contribution in [-0.4, -0.2) is 18.7 Å². The van der Waals surface area contributed by atoms with Crippen LogP contribution >= 0.6 is 7.26 Å². The van der Waals surface area contributed by atoms with E-state index < -0.39 is 12.7 Å². The molecule has 0 aliphatic heterocycles. The summed E-state index contributed by atoms with van der Waals surface area (Å²) in [5.41, 5.74) is -0.450. The van der Waals surface area contributed by atoms with Crippen molar-refractivity contribution in [2.24, 2.45) is 5.41 Å². The highest BCUT2D eigenvalue weighted by molar-refractivity contribution is 7.95. The van der Waals surface area contributed by atoms with Crippen LogP contribution in [0.3, 0.4) is 0 Å². The summed E-state index contributed by atoms with van der Waals surface area (Å²) in [6.07, 6.45) is 2.93. The summed E-state index contributed by atoms with van der Waals surface area (Å²) in [6, 6.07) is 32.7. The summed E-state index contributed by atoms with van der Waals surface area (Å²) in [6.45, 7) is 6.17. The molecule has 3 rings (SSSR count). The summed E-state index contributed by atoms with van der Waals surface area (Å²) in [7, 11) is -1.79. The van der Waals surface area contributed by atoms with E-state index in [4.69, 9.17) is 4.74 Å². The molecule has 0 heterocycles. The van der Waals surface area contributed by atoms with Gasteiger partial charge in [-0.05, 0) is 70.0 Å². The van der Waals surface area contributed by atoms with E-state index in [-0.39, 0.29) is 23.0 Å². The molecule has 0 unspecified atom stereocenters. The van der Waals surface area contributed by atoms with Crippen LogP contribution in [0.15, 0.2) is 91.0 Å². The number of benzene rings is 3. The molecule has 0 aliphatic rings. The Kier molecular flexibility index (Phi) is 9.47. The van der Waals surface area contributed by atoms with Crippen LogP contribution in [0.1, 0.15) is 33.6 Å². The molecule has 0 spiro atoms. The molecule has 0 fully saturated rings. The summed E-state index contributed by atoms with van der Waals surface area (Å²) in [5.74, 6) is -0.127. The van der Waals surface area contributed by atoms with Gasteiger partial charge in [0.05, 0.1) is 18.2 Å². The number of rotatable bonds is 8. The van der Waals surface area contributed by atoms with E-state index in [0.717, 1.165) is 19.0 Å². The SMILES string of the molecule is CC(C)(C)C(=O)OCCCC[P+](c1ccccc1)(c1ccccc1)c1ccccc1.[Br-]. The standard InChI is InChI=1S/C27H32O2P.BrH/c1-27(2,3)26(28)29-21-13-14-22-30(23-15-7-4-8-16-23,24-17-9-5-10-18-24)25-19-11-6-12-20-25;/h4-12,15-20H,13-14,21-22H2,1-3H3;1H/q+1;/p-1. The fourth-order valence-corrected chi connectivity index (χ4v) is 8.12. The number of ether oxygens (including phenoxy) is 1. The normalized spacial score (nSPS) is 11.5. The van der Waals surface area contributed by atoms with E-state index in [0.29, 0.717) is 6.61 Å². The minimum Gasteiger partial charge on any atom is -1.00 e. The molecule has 4 heteroatoms. The molecule has 2 nitrogen and oxygen atoms in total. The molecule has 0 amide bonds. The van der Waals surface area contributed by atoms with Gasteiger partial charge >= 0.3 is 5.97 Å². The van der Waals surface area contributed by atoms with Crippen LogP contribution in [0.4, 0.5) is 0 Å². The number of halogens is 1. The molecule has 0 atom stereocenters. The van der Waals surface area contributed by atoms with Crippen molar-refractivity contribution < 1.29 is 26.5 Å². The summed E-state index contributed by atoms with van der Waals surface area (Å²) in [5, 5.41) is 4.19. The summed E-state index contributed by atoms with van der Waals surface area (Å²) in [4.78, 5) is 12.1. The Morgan fingerprint density at radius 1 is 0.710 bits per heavy atom. The smallest absolute Gasteiger partial charge is 0.311 e. The van der Waals surface area contributed by atoms with Crippen molar-refractivity contribution in [3.8, 4) is 0 Å². The number of unbranched alkanes of at least 4 members (excludes halogenated alkanes) is 1. The van der Waals surface area contributed by atoms with Crippen LogP contribution in [0.2, 0.25) is 0 Å². The third kappa shape index (κ3) is 6.28. The zero-order valence-corrected chi connectivity index (χ0v) is 21.1. The van der Waals surface area contributed by atoms with Gasteiger partial charge in [-0.2, -0.15) is 0 Å². The lowest BCUT2D eigenvalue weighted by Crippen LogP contribution is -3.00. The third-order valence-corrected chi connectivity index (χ3v) is 9.85. The van der Waals surface area contributed by atoms with Gasteiger partial charge < -0.3 is 21.7 Å². The number of carbonyl (C=O) groups excluding carboxylic acids is 1. The zero-order chi connectivity index (χ0) is 21.5. The molecule has 0 saturated carbocycles. The maximum Gasteiger partial charge on any atom is 0.311 e. The van der Waals surface area contributed by atoms with Crippen molar-refractivity contribution in [1.29, 1.82) is 0 Å². The van der Waals surface area contributed by atoms with E-state index in [1.807, 2.05) is 20.8 Å². The van der Waals surface area contributed by atoms with Crippen molar-refractivity contribution >= 4 is 29.1 Å². The van der Waals surface area contributed by atoms with Gasteiger partial charge in [-0.25, -0.2) is 0 Å². The summed E-state index contributed by atoms with van der Waals surface area (Å²) < 4.78 is 5.51. The minimum absolute atomic E-state index is 0. The van der Waals surface area contributed by atoms with Crippen LogP contribution in [0.5, 0.6) is 0 Å². The van der Waals surface area contributed by atoms with Crippen LogP contribution in [0.25, 0.3) is 0 Å². The first-order valence-electron chi connectivity index (χ1n) is 10.7. The fourth-order valence-electron chi connectivity index (χ4n) is 3.71. The highest BCUT2D eigenvalue weighted by Crippen LogP contribution is 2.55. The fraction of sp³-hybridized carbons (Fsp3) is 0.296. The molecule has 0 saturated heterocycles. The second-order valence-corrected chi connectivity index (χ2v) is 12.2. The van der Waals surface area contributed by atoms with Gasteiger partial charge in [0.1, 0.15) is 23.2 Å². The second kappa shape index (κ2) is 11.6. The van der Waals surface area contributed by atoms with Crippen LogP contribution < -0.4 is 32.9 Å². The first kappa shape index (κ1) is 25.3. The van der Waals surface area contributed by atoms with Crippen molar-refractivity contribution in [3.63, 3.8) is 0 Å². The zero-order valence-electron chi connectivity index (χ0n) is 18.6. The lowest BCUT2D eigenvalue weighted by molar-refractivity contribution is -0.153. The quantitative estimate of drug-likeness (QED) is 0.270. The average molecular weight is 499 g/mol. The number of carbonyl (C=O) groups is 1. The molecule has 0 aromatic heterocycles. The van der Waals surface area contributed by atoms with Crippen molar-refractivity contribution in [3.05, 3.63) is 91.0 Å². The van der Waals surface area contributed by atoms with Crippen molar-refractivity contribution in [2.75, 3.05) is 12.8 Å².